The molecule has 0 radical (unpaired) electrons. The van der Waals surface area contributed by atoms with Crippen LogP contribution in [0.4, 0.5) is 5.69 Å². The molecule has 0 unspecified atom stereocenters. The Hall–Kier alpha value is -2.08. The fraction of sp³-hybridized carbons (Fsp3) is 0.652. The van der Waals surface area contributed by atoms with Crippen molar-refractivity contribution in [1.82, 2.24) is 0 Å². The zero-order chi connectivity index (χ0) is 21.3. The fourth-order valence-electron chi connectivity index (χ4n) is 3.61. The van der Waals surface area contributed by atoms with E-state index in [-0.39, 0.29) is 18.6 Å². The Morgan fingerprint density at radius 3 is 2.38 bits per heavy atom. The Morgan fingerprint density at radius 1 is 1.10 bits per heavy atom. The summed E-state index contributed by atoms with van der Waals surface area (Å²) in [5.41, 5.74) is 0.0459. The van der Waals surface area contributed by atoms with Gasteiger partial charge in [0.1, 0.15) is 16.9 Å². The molecule has 2 rings (SSSR count). The van der Waals surface area contributed by atoms with Gasteiger partial charge in [0.25, 0.3) is 5.91 Å². The molecular formula is C23H35NO5. The van der Waals surface area contributed by atoms with Gasteiger partial charge in [-0.2, -0.15) is 0 Å². The summed E-state index contributed by atoms with van der Waals surface area (Å²) in [6, 6.07) is 5.08. The fourth-order valence-corrected chi connectivity index (χ4v) is 3.61. The van der Waals surface area contributed by atoms with E-state index in [1.54, 1.807) is 25.1 Å². The number of nitrogens with one attached hydrogen (secondary N) is 1. The highest BCUT2D eigenvalue weighted by Crippen LogP contribution is 2.33. The first-order valence-corrected chi connectivity index (χ1v) is 10.8. The standard InChI is InChI=1S/C23H35NO5/c1-5-15-28-23(13-9-7-8-10-14-23)22(26)24-18-11-12-20(29-17(3)4)19(16-18)21(25)27-6-2/h11-12,16-17H,5-10,13-15H2,1-4H3,(H,24,26). The molecule has 1 aromatic carbocycles. The van der Waals surface area contributed by atoms with Crippen LogP contribution >= 0.6 is 0 Å². The molecule has 0 saturated heterocycles. The molecule has 162 valence electrons. The van der Waals surface area contributed by atoms with E-state index in [0.717, 1.165) is 44.9 Å². The lowest BCUT2D eigenvalue weighted by molar-refractivity contribution is -0.143. The largest absolute Gasteiger partial charge is 0.490 e. The van der Waals surface area contributed by atoms with Crippen molar-refractivity contribution in [2.24, 2.45) is 0 Å². The van der Waals surface area contributed by atoms with Gasteiger partial charge in [-0.1, -0.05) is 32.6 Å². The lowest BCUT2D eigenvalue weighted by Crippen LogP contribution is -2.45. The van der Waals surface area contributed by atoms with Crippen LogP contribution in [0.5, 0.6) is 5.75 Å². The van der Waals surface area contributed by atoms with E-state index in [0.29, 0.717) is 23.6 Å². The van der Waals surface area contributed by atoms with Gasteiger partial charge in [-0.3, -0.25) is 4.79 Å². The number of ether oxygens (including phenoxy) is 3. The maximum absolute atomic E-state index is 13.2. The van der Waals surface area contributed by atoms with Gasteiger partial charge < -0.3 is 19.5 Å². The van der Waals surface area contributed by atoms with E-state index in [4.69, 9.17) is 14.2 Å². The van der Waals surface area contributed by atoms with Crippen molar-refractivity contribution in [3.63, 3.8) is 0 Å². The lowest BCUT2D eigenvalue weighted by atomic mass is 9.92. The molecular weight excluding hydrogens is 370 g/mol. The lowest BCUT2D eigenvalue weighted by Gasteiger charge is -2.31. The molecule has 1 aromatic rings. The summed E-state index contributed by atoms with van der Waals surface area (Å²) in [5, 5.41) is 2.98. The molecule has 1 amide bonds. The highest BCUT2D eigenvalue weighted by atomic mass is 16.5. The molecule has 0 atom stereocenters. The van der Waals surface area contributed by atoms with Crippen LogP contribution in [0.2, 0.25) is 0 Å². The van der Waals surface area contributed by atoms with Crippen molar-refractivity contribution < 1.29 is 23.8 Å². The maximum atomic E-state index is 13.2. The number of benzene rings is 1. The third kappa shape index (κ3) is 6.46. The maximum Gasteiger partial charge on any atom is 0.341 e. The van der Waals surface area contributed by atoms with Crippen molar-refractivity contribution in [3.05, 3.63) is 23.8 Å². The second kappa shape index (κ2) is 11.2. The third-order valence-corrected chi connectivity index (χ3v) is 5.00. The smallest absolute Gasteiger partial charge is 0.341 e. The van der Waals surface area contributed by atoms with E-state index in [1.807, 2.05) is 20.8 Å². The molecule has 0 heterocycles. The van der Waals surface area contributed by atoms with Crippen molar-refractivity contribution in [2.75, 3.05) is 18.5 Å². The summed E-state index contributed by atoms with van der Waals surface area (Å²) >= 11 is 0. The Morgan fingerprint density at radius 2 is 1.79 bits per heavy atom. The van der Waals surface area contributed by atoms with Gasteiger partial charge in [-0.05, 0) is 58.2 Å². The van der Waals surface area contributed by atoms with Crippen molar-refractivity contribution in [2.45, 2.75) is 84.3 Å². The highest BCUT2D eigenvalue weighted by molar-refractivity contribution is 5.99. The van der Waals surface area contributed by atoms with E-state index in [1.165, 1.54) is 0 Å². The predicted molar refractivity (Wildman–Crippen MR) is 113 cm³/mol. The van der Waals surface area contributed by atoms with Crippen LogP contribution in [0, 0.1) is 0 Å². The number of hydrogen-bond acceptors (Lipinski definition) is 5. The van der Waals surface area contributed by atoms with Crippen molar-refractivity contribution in [3.8, 4) is 5.75 Å². The summed E-state index contributed by atoms with van der Waals surface area (Å²) in [4.78, 5) is 25.6. The second-order valence-electron chi connectivity index (χ2n) is 7.81. The van der Waals surface area contributed by atoms with Gasteiger partial charge in [0, 0.05) is 12.3 Å². The van der Waals surface area contributed by atoms with Crippen LogP contribution in [0.15, 0.2) is 18.2 Å². The normalized spacial score (nSPS) is 16.2. The van der Waals surface area contributed by atoms with Crippen LogP contribution in [0.25, 0.3) is 0 Å². The SMILES string of the molecule is CCCOC1(C(=O)Nc2ccc(OC(C)C)c(C(=O)OCC)c2)CCCCCC1. The monoisotopic (exact) mass is 405 g/mol. The molecule has 1 aliphatic rings. The molecule has 0 bridgehead atoms. The summed E-state index contributed by atoms with van der Waals surface area (Å²) in [6.07, 6.45) is 6.43. The average Bonchev–Trinajstić information content (AvgIpc) is 2.94. The quantitative estimate of drug-likeness (QED) is 0.456. The Balaban J connectivity index is 2.26. The van der Waals surface area contributed by atoms with Gasteiger partial charge in [-0.25, -0.2) is 4.79 Å². The van der Waals surface area contributed by atoms with E-state index in [2.05, 4.69) is 5.32 Å². The minimum atomic E-state index is -0.802. The molecule has 1 aliphatic carbocycles. The van der Waals surface area contributed by atoms with Crippen LogP contribution in [0.3, 0.4) is 0 Å². The molecule has 1 N–H and O–H groups in total. The number of anilines is 1. The van der Waals surface area contributed by atoms with Crippen molar-refractivity contribution in [1.29, 1.82) is 0 Å². The Kier molecular flexibility index (Phi) is 8.96. The molecule has 29 heavy (non-hydrogen) atoms. The van der Waals surface area contributed by atoms with Crippen molar-refractivity contribution >= 4 is 17.6 Å². The number of hydrogen-bond donors (Lipinski definition) is 1. The summed E-state index contributed by atoms with van der Waals surface area (Å²) < 4.78 is 17.0. The molecule has 6 nitrogen and oxygen atoms in total. The van der Waals surface area contributed by atoms with Gasteiger partial charge in [0.2, 0.25) is 0 Å². The molecule has 0 spiro atoms. The van der Waals surface area contributed by atoms with E-state index >= 15 is 0 Å². The van der Waals surface area contributed by atoms with Crippen LogP contribution in [-0.4, -0.2) is 36.8 Å². The van der Waals surface area contributed by atoms with Crippen LogP contribution in [-0.2, 0) is 14.3 Å². The summed E-state index contributed by atoms with van der Waals surface area (Å²) in [6.45, 7) is 8.42. The van der Waals surface area contributed by atoms with Gasteiger partial charge in [0.05, 0.1) is 12.7 Å². The number of rotatable bonds is 9. The number of esters is 1. The van der Waals surface area contributed by atoms with Crippen LogP contribution < -0.4 is 10.1 Å². The highest BCUT2D eigenvalue weighted by Gasteiger charge is 2.39. The number of amides is 1. The zero-order valence-corrected chi connectivity index (χ0v) is 18.2. The summed E-state index contributed by atoms with van der Waals surface area (Å²) in [7, 11) is 0. The van der Waals surface area contributed by atoms with E-state index in [9.17, 15) is 9.59 Å². The second-order valence-corrected chi connectivity index (χ2v) is 7.81. The zero-order valence-electron chi connectivity index (χ0n) is 18.2. The molecule has 0 aliphatic heterocycles. The third-order valence-electron chi connectivity index (χ3n) is 5.00. The molecule has 1 saturated carbocycles. The average molecular weight is 406 g/mol. The molecule has 6 heteroatoms. The topological polar surface area (TPSA) is 73.9 Å². The first kappa shape index (κ1) is 23.2. The molecule has 0 aromatic heterocycles. The number of carbonyl (C=O) groups excluding carboxylic acids is 2. The first-order chi connectivity index (χ1) is 13.9. The Labute approximate surface area is 174 Å². The van der Waals surface area contributed by atoms with E-state index < -0.39 is 11.6 Å². The number of carbonyl (C=O) groups is 2. The van der Waals surface area contributed by atoms with Gasteiger partial charge in [0.15, 0.2) is 0 Å². The first-order valence-electron chi connectivity index (χ1n) is 10.8. The predicted octanol–water partition coefficient (Wildman–Crippen LogP) is 5.11. The minimum absolute atomic E-state index is 0.0830. The molecule has 1 fully saturated rings. The van der Waals surface area contributed by atoms with Crippen LogP contribution in [0.1, 0.15) is 83.0 Å². The minimum Gasteiger partial charge on any atom is -0.490 e. The van der Waals surface area contributed by atoms with Gasteiger partial charge >= 0.3 is 5.97 Å². The Bertz CT molecular complexity index is 678. The summed E-state index contributed by atoms with van der Waals surface area (Å²) in [5.74, 6) is -0.159. The van der Waals surface area contributed by atoms with Gasteiger partial charge in [-0.15, -0.1) is 0 Å².